The van der Waals surface area contributed by atoms with E-state index in [1.807, 2.05) is 0 Å². The Morgan fingerprint density at radius 3 is 2.35 bits per heavy atom. The number of nitrogens with two attached hydrogens (primary N) is 1. The molecule has 0 bridgehead atoms. The van der Waals surface area contributed by atoms with E-state index in [2.05, 4.69) is 0 Å². The summed E-state index contributed by atoms with van der Waals surface area (Å²) < 4.78 is 5.50. The summed E-state index contributed by atoms with van der Waals surface area (Å²) in [5.41, 5.74) is 6.56. The normalized spacial score (nSPS) is 10.3. The molecular formula is C14H11Cl2NO3. The molecule has 0 atom stereocenters. The number of hydrogen-bond acceptors (Lipinski definition) is 3. The van der Waals surface area contributed by atoms with Gasteiger partial charge in [0.05, 0.1) is 5.69 Å². The Labute approximate surface area is 125 Å². The van der Waals surface area contributed by atoms with Crippen LogP contribution in [0.2, 0.25) is 10.0 Å². The van der Waals surface area contributed by atoms with Crippen LogP contribution in [0.3, 0.4) is 0 Å². The number of benzene rings is 2. The smallest absolute Gasteiger partial charge is 0.339 e. The zero-order valence-electron chi connectivity index (χ0n) is 10.3. The van der Waals surface area contributed by atoms with E-state index in [1.54, 1.807) is 30.3 Å². The molecule has 0 radical (unpaired) electrons. The average molecular weight is 312 g/mol. The van der Waals surface area contributed by atoms with Crippen LogP contribution in [0.1, 0.15) is 15.9 Å². The molecule has 4 nitrogen and oxygen atoms in total. The van der Waals surface area contributed by atoms with Crippen molar-refractivity contribution in [2.45, 2.75) is 6.61 Å². The van der Waals surface area contributed by atoms with Crippen molar-refractivity contribution in [2.75, 3.05) is 5.73 Å². The lowest BCUT2D eigenvalue weighted by Gasteiger charge is -2.13. The van der Waals surface area contributed by atoms with Gasteiger partial charge < -0.3 is 15.6 Å². The summed E-state index contributed by atoms with van der Waals surface area (Å²) in [6, 6.07) is 9.61. The molecule has 0 spiro atoms. The van der Waals surface area contributed by atoms with Crippen molar-refractivity contribution >= 4 is 34.9 Å². The van der Waals surface area contributed by atoms with Gasteiger partial charge in [-0.05, 0) is 24.3 Å². The van der Waals surface area contributed by atoms with E-state index in [4.69, 9.17) is 38.8 Å². The molecule has 0 saturated heterocycles. The van der Waals surface area contributed by atoms with Gasteiger partial charge in [0.15, 0.2) is 5.75 Å². The summed E-state index contributed by atoms with van der Waals surface area (Å²) in [5, 5.41) is 10.0. The van der Waals surface area contributed by atoms with Crippen molar-refractivity contribution in [3.63, 3.8) is 0 Å². The average Bonchev–Trinajstić information content (AvgIpc) is 2.39. The zero-order chi connectivity index (χ0) is 14.7. The number of halogens is 2. The van der Waals surface area contributed by atoms with E-state index < -0.39 is 5.97 Å². The highest BCUT2D eigenvalue weighted by Crippen LogP contribution is 2.30. The fraction of sp³-hybridized carbons (Fsp3) is 0.0714. The number of hydrogen-bond donors (Lipinski definition) is 2. The molecule has 0 amide bonds. The molecule has 0 fully saturated rings. The van der Waals surface area contributed by atoms with Crippen molar-refractivity contribution in [3.05, 3.63) is 57.6 Å². The molecule has 0 unspecified atom stereocenters. The lowest BCUT2D eigenvalue weighted by Crippen LogP contribution is -2.06. The van der Waals surface area contributed by atoms with Crippen LogP contribution in [-0.4, -0.2) is 11.1 Å². The molecule has 0 aliphatic rings. The van der Waals surface area contributed by atoms with Crippen molar-refractivity contribution in [1.82, 2.24) is 0 Å². The summed E-state index contributed by atoms with van der Waals surface area (Å²) in [6.07, 6.45) is 0. The Morgan fingerprint density at radius 2 is 1.75 bits per heavy atom. The molecule has 0 aromatic heterocycles. The van der Waals surface area contributed by atoms with Crippen LogP contribution in [0.4, 0.5) is 5.69 Å². The van der Waals surface area contributed by atoms with Crippen molar-refractivity contribution in [3.8, 4) is 5.75 Å². The van der Waals surface area contributed by atoms with Gasteiger partial charge in [-0.15, -0.1) is 0 Å². The maximum atomic E-state index is 11.1. The lowest BCUT2D eigenvalue weighted by atomic mass is 10.1. The van der Waals surface area contributed by atoms with Crippen molar-refractivity contribution < 1.29 is 14.6 Å². The molecule has 0 aliphatic carbocycles. The van der Waals surface area contributed by atoms with Crippen molar-refractivity contribution in [1.29, 1.82) is 0 Å². The summed E-state index contributed by atoms with van der Waals surface area (Å²) in [4.78, 5) is 11.1. The molecule has 0 saturated carbocycles. The number of aromatic carboxylic acids is 1. The summed E-state index contributed by atoms with van der Waals surface area (Å²) in [7, 11) is 0. The SMILES string of the molecule is Nc1cccc(C(=O)O)c1OCc1c(Cl)cccc1Cl. The Kier molecular flexibility index (Phi) is 4.37. The Hall–Kier alpha value is -1.91. The van der Waals surface area contributed by atoms with E-state index in [9.17, 15) is 4.79 Å². The topological polar surface area (TPSA) is 72.6 Å². The van der Waals surface area contributed by atoms with Crippen LogP contribution in [-0.2, 0) is 6.61 Å². The maximum absolute atomic E-state index is 11.1. The molecule has 2 aromatic rings. The largest absolute Gasteiger partial charge is 0.486 e. The third-order valence-electron chi connectivity index (χ3n) is 2.70. The minimum absolute atomic E-state index is 0.00632. The molecule has 3 N–H and O–H groups in total. The molecular weight excluding hydrogens is 301 g/mol. The molecule has 20 heavy (non-hydrogen) atoms. The highest BCUT2D eigenvalue weighted by molar-refractivity contribution is 6.35. The minimum atomic E-state index is -1.11. The first kappa shape index (κ1) is 14.5. The van der Waals surface area contributed by atoms with E-state index in [0.29, 0.717) is 15.6 Å². The standard InChI is InChI=1S/C14H11Cl2NO3/c15-10-4-2-5-11(16)9(10)7-20-13-8(14(18)19)3-1-6-12(13)17/h1-6H,7,17H2,(H,18,19). The molecule has 2 aromatic carbocycles. The van der Waals surface area contributed by atoms with Gasteiger partial charge in [0.1, 0.15) is 12.2 Å². The minimum Gasteiger partial charge on any atom is -0.486 e. The van der Waals surface area contributed by atoms with Crippen LogP contribution >= 0.6 is 23.2 Å². The van der Waals surface area contributed by atoms with Crippen LogP contribution in [0.25, 0.3) is 0 Å². The van der Waals surface area contributed by atoms with Gasteiger partial charge in [-0.1, -0.05) is 35.3 Å². The van der Waals surface area contributed by atoms with Crippen molar-refractivity contribution in [2.24, 2.45) is 0 Å². The lowest BCUT2D eigenvalue weighted by molar-refractivity contribution is 0.0692. The molecule has 6 heteroatoms. The number of ether oxygens (including phenoxy) is 1. The van der Waals surface area contributed by atoms with Gasteiger partial charge in [-0.2, -0.15) is 0 Å². The third kappa shape index (κ3) is 2.98. The number of anilines is 1. The number of carboxylic acid groups (broad SMARTS) is 1. The molecule has 104 valence electrons. The van der Waals surface area contributed by atoms with Crippen LogP contribution in [0.5, 0.6) is 5.75 Å². The van der Waals surface area contributed by atoms with Gasteiger partial charge in [0, 0.05) is 15.6 Å². The second-order valence-electron chi connectivity index (χ2n) is 4.02. The number of carbonyl (C=O) groups is 1. The van der Waals surface area contributed by atoms with Gasteiger partial charge in [-0.25, -0.2) is 4.79 Å². The predicted molar refractivity (Wildman–Crippen MR) is 78.6 cm³/mol. The Balaban J connectivity index is 2.30. The quantitative estimate of drug-likeness (QED) is 0.841. The van der Waals surface area contributed by atoms with Crippen LogP contribution < -0.4 is 10.5 Å². The first-order valence-corrected chi connectivity index (χ1v) is 6.43. The number of rotatable bonds is 4. The van der Waals surface area contributed by atoms with E-state index in [1.165, 1.54) is 6.07 Å². The number of nitrogen functional groups attached to an aromatic ring is 1. The first-order valence-electron chi connectivity index (χ1n) is 5.68. The predicted octanol–water partition coefficient (Wildman–Crippen LogP) is 3.85. The second-order valence-corrected chi connectivity index (χ2v) is 4.83. The first-order chi connectivity index (χ1) is 9.50. The van der Waals surface area contributed by atoms with Crippen LogP contribution in [0.15, 0.2) is 36.4 Å². The van der Waals surface area contributed by atoms with E-state index >= 15 is 0 Å². The zero-order valence-corrected chi connectivity index (χ0v) is 11.8. The highest BCUT2D eigenvalue weighted by atomic mass is 35.5. The van der Waals surface area contributed by atoms with Crippen LogP contribution in [0, 0.1) is 0 Å². The molecule has 0 heterocycles. The summed E-state index contributed by atoms with van der Waals surface area (Å²) in [5.74, 6) is -1.01. The summed E-state index contributed by atoms with van der Waals surface area (Å²) in [6.45, 7) is 0.0347. The second kappa shape index (κ2) is 6.03. The Bertz CT molecular complexity index is 639. The fourth-order valence-corrected chi connectivity index (χ4v) is 2.21. The van der Waals surface area contributed by atoms with Gasteiger partial charge in [0.2, 0.25) is 0 Å². The Morgan fingerprint density at radius 1 is 1.15 bits per heavy atom. The number of para-hydroxylation sites is 1. The molecule has 0 aliphatic heterocycles. The van der Waals surface area contributed by atoms with E-state index in [-0.39, 0.29) is 23.6 Å². The monoisotopic (exact) mass is 311 g/mol. The van der Waals surface area contributed by atoms with Gasteiger partial charge in [-0.3, -0.25) is 0 Å². The summed E-state index contributed by atoms with van der Waals surface area (Å²) >= 11 is 12.1. The van der Waals surface area contributed by atoms with E-state index in [0.717, 1.165) is 0 Å². The highest BCUT2D eigenvalue weighted by Gasteiger charge is 2.15. The number of carboxylic acids is 1. The maximum Gasteiger partial charge on any atom is 0.339 e. The molecule has 2 rings (SSSR count). The van der Waals surface area contributed by atoms with Gasteiger partial charge in [0.25, 0.3) is 0 Å². The third-order valence-corrected chi connectivity index (χ3v) is 3.41. The fourth-order valence-electron chi connectivity index (χ4n) is 1.70. The van der Waals surface area contributed by atoms with Gasteiger partial charge >= 0.3 is 5.97 Å².